The van der Waals surface area contributed by atoms with Gasteiger partial charge in [0.05, 0.1) is 11.9 Å². The second-order valence-corrected chi connectivity index (χ2v) is 7.10. The zero-order chi connectivity index (χ0) is 19.5. The molecule has 0 spiro atoms. The Hall–Kier alpha value is -3.85. The summed E-state index contributed by atoms with van der Waals surface area (Å²) in [6.45, 7) is 0.821. The van der Waals surface area contributed by atoms with E-state index in [4.69, 9.17) is 0 Å². The van der Waals surface area contributed by atoms with Crippen molar-refractivity contribution in [2.45, 2.75) is 6.54 Å². The van der Waals surface area contributed by atoms with Gasteiger partial charge in [-0.3, -0.25) is 5.43 Å². The standard InChI is InChI=1S/C26H21N3/c1-2-12-23(13-3-1)28-27-17-22-19-29(26-16-7-6-15-25(22)26)18-21-11-8-10-20-9-4-5-14-24(20)21/h1-17,19,28H,18H2/b27-17-. The summed E-state index contributed by atoms with van der Waals surface area (Å²) in [7, 11) is 0. The summed E-state index contributed by atoms with van der Waals surface area (Å²) in [5.74, 6) is 0. The van der Waals surface area contributed by atoms with Gasteiger partial charge >= 0.3 is 0 Å². The van der Waals surface area contributed by atoms with Crippen molar-refractivity contribution >= 4 is 33.6 Å². The number of rotatable bonds is 5. The molecular weight excluding hydrogens is 354 g/mol. The summed E-state index contributed by atoms with van der Waals surface area (Å²) in [6, 6.07) is 33.5. The molecule has 1 aromatic heterocycles. The number of hydrazone groups is 1. The summed E-state index contributed by atoms with van der Waals surface area (Å²) < 4.78 is 2.31. The summed E-state index contributed by atoms with van der Waals surface area (Å²) in [5.41, 5.74) is 7.70. The average molecular weight is 375 g/mol. The van der Waals surface area contributed by atoms with Crippen LogP contribution in [-0.4, -0.2) is 10.8 Å². The Balaban J connectivity index is 1.50. The van der Waals surface area contributed by atoms with Crippen LogP contribution in [0.15, 0.2) is 108 Å². The molecule has 0 aliphatic rings. The van der Waals surface area contributed by atoms with Crippen molar-refractivity contribution in [1.82, 2.24) is 4.57 Å². The molecule has 140 valence electrons. The first kappa shape index (κ1) is 17.3. The Morgan fingerprint density at radius 2 is 1.45 bits per heavy atom. The fourth-order valence-corrected chi connectivity index (χ4v) is 3.81. The molecule has 0 aliphatic carbocycles. The Labute approximate surface area is 169 Å². The summed E-state index contributed by atoms with van der Waals surface area (Å²) in [4.78, 5) is 0. The van der Waals surface area contributed by atoms with E-state index >= 15 is 0 Å². The first-order valence-electron chi connectivity index (χ1n) is 9.77. The van der Waals surface area contributed by atoms with Gasteiger partial charge in [-0.25, -0.2) is 0 Å². The molecular formula is C26H21N3. The summed E-state index contributed by atoms with van der Waals surface area (Å²) in [5, 5.41) is 8.22. The van der Waals surface area contributed by atoms with Gasteiger partial charge in [-0.2, -0.15) is 5.10 Å². The second kappa shape index (κ2) is 7.64. The van der Waals surface area contributed by atoms with Crippen LogP contribution in [0.25, 0.3) is 21.7 Å². The van der Waals surface area contributed by atoms with Gasteiger partial charge < -0.3 is 4.57 Å². The minimum absolute atomic E-state index is 0.821. The number of fused-ring (bicyclic) bond motifs is 2. The Bertz CT molecular complexity index is 1290. The van der Waals surface area contributed by atoms with Gasteiger partial charge in [-0.15, -0.1) is 0 Å². The average Bonchev–Trinajstić information content (AvgIpc) is 3.12. The van der Waals surface area contributed by atoms with E-state index in [0.29, 0.717) is 0 Å². The molecule has 3 nitrogen and oxygen atoms in total. The molecule has 0 amide bonds. The zero-order valence-electron chi connectivity index (χ0n) is 16.0. The molecule has 1 N–H and O–H groups in total. The number of anilines is 1. The van der Waals surface area contributed by atoms with Crippen molar-refractivity contribution in [3.05, 3.63) is 114 Å². The molecule has 0 aliphatic heterocycles. The normalized spacial score (nSPS) is 11.4. The highest BCUT2D eigenvalue weighted by atomic mass is 15.3. The van der Waals surface area contributed by atoms with Crippen LogP contribution < -0.4 is 5.43 Å². The quantitative estimate of drug-likeness (QED) is 0.284. The SMILES string of the molecule is C(=N/Nc1ccccc1)/c1cn(Cc2cccc3ccccc23)c2ccccc12. The third-order valence-corrected chi connectivity index (χ3v) is 5.21. The predicted octanol–water partition coefficient (Wildman–Crippen LogP) is 6.29. The van der Waals surface area contributed by atoms with Crippen molar-refractivity contribution < 1.29 is 0 Å². The van der Waals surface area contributed by atoms with Crippen molar-refractivity contribution in [3.8, 4) is 0 Å². The lowest BCUT2D eigenvalue weighted by atomic mass is 10.0. The van der Waals surface area contributed by atoms with Gasteiger partial charge in [0.2, 0.25) is 0 Å². The molecule has 4 aromatic carbocycles. The maximum absolute atomic E-state index is 4.44. The van der Waals surface area contributed by atoms with E-state index in [2.05, 4.69) is 88.0 Å². The number of nitrogens with zero attached hydrogens (tertiary/aromatic N) is 2. The van der Waals surface area contributed by atoms with Crippen LogP contribution in [0.4, 0.5) is 5.69 Å². The maximum Gasteiger partial charge on any atom is 0.0566 e. The number of aromatic nitrogens is 1. The third kappa shape index (κ3) is 3.50. The third-order valence-electron chi connectivity index (χ3n) is 5.21. The van der Waals surface area contributed by atoms with Gasteiger partial charge in [0.25, 0.3) is 0 Å². The lowest BCUT2D eigenvalue weighted by Gasteiger charge is -2.09. The number of hydrogen-bond donors (Lipinski definition) is 1. The van der Waals surface area contributed by atoms with Crippen LogP contribution in [0.3, 0.4) is 0 Å². The highest BCUT2D eigenvalue weighted by Gasteiger charge is 2.08. The van der Waals surface area contributed by atoms with E-state index in [1.807, 2.05) is 36.5 Å². The zero-order valence-corrected chi connectivity index (χ0v) is 16.0. The lowest BCUT2D eigenvalue weighted by molar-refractivity contribution is 0.842. The lowest BCUT2D eigenvalue weighted by Crippen LogP contribution is -1.98. The van der Waals surface area contributed by atoms with E-state index in [1.165, 1.54) is 27.2 Å². The van der Waals surface area contributed by atoms with Gasteiger partial charge in [0, 0.05) is 29.2 Å². The monoisotopic (exact) mass is 375 g/mol. The van der Waals surface area contributed by atoms with Gasteiger partial charge in [0.1, 0.15) is 0 Å². The first-order valence-corrected chi connectivity index (χ1v) is 9.77. The van der Waals surface area contributed by atoms with E-state index in [9.17, 15) is 0 Å². The molecule has 3 heteroatoms. The van der Waals surface area contributed by atoms with Gasteiger partial charge in [-0.05, 0) is 34.5 Å². The smallest absolute Gasteiger partial charge is 0.0566 e. The minimum Gasteiger partial charge on any atom is -0.342 e. The van der Waals surface area contributed by atoms with Crippen LogP contribution in [0, 0.1) is 0 Å². The van der Waals surface area contributed by atoms with Crippen LogP contribution >= 0.6 is 0 Å². The van der Waals surface area contributed by atoms with Crippen LogP contribution in [-0.2, 0) is 6.54 Å². The van der Waals surface area contributed by atoms with E-state index < -0.39 is 0 Å². The minimum atomic E-state index is 0.821. The van der Waals surface area contributed by atoms with E-state index in [1.54, 1.807) is 0 Å². The molecule has 0 saturated carbocycles. The largest absolute Gasteiger partial charge is 0.342 e. The molecule has 0 fully saturated rings. The maximum atomic E-state index is 4.44. The summed E-state index contributed by atoms with van der Waals surface area (Å²) >= 11 is 0. The Morgan fingerprint density at radius 1 is 0.724 bits per heavy atom. The predicted molar refractivity (Wildman–Crippen MR) is 123 cm³/mol. The number of para-hydroxylation sites is 2. The fourth-order valence-electron chi connectivity index (χ4n) is 3.81. The summed E-state index contributed by atoms with van der Waals surface area (Å²) in [6.07, 6.45) is 4.08. The Kier molecular flexibility index (Phi) is 4.55. The van der Waals surface area contributed by atoms with Crippen molar-refractivity contribution in [2.24, 2.45) is 5.10 Å². The highest BCUT2D eigenvalue weighted by molar-refractivity contribution is 5.99. The molecule has 0 unspecified atom stereocenters. The Morgan fingerprint density at radius 3 is 2.34 bits per heavy atom. The molecule has 0 atom stereocenters. The molecule has 29 heavy (non-hydrogen) atoms. The van der Waals surface area contributed by atoms with Crippen LogP contribution in [0.2, 0.25) is 0 Å². The second-order valence-electron chi connectivity index (χ2n) is 7.10. The molecule has 0 radical (unpaired) electrons. The first-order chi connectivity index (χ1) is 14.4. The molecule has 0 saturated heterocycles. The molecule has 5 rings (SSSR count). The number of benzene rings is 4. The van der Waals surface area contributed by atoms with E-state index in [-0.39, 0.29) is 0 Å². The van der Waals surface area contributed by atoms with Crippen LogP contribution in [0.5, 0.6) is 0 Å². The van der Waals surface area contributed by atoms with Gasteiger partial charge in [-0.1, -0.05) is 78.9 Å². The van der Waals surface area contributed by atoms with Crippen molar-refractivity contribution in [1.29, 1.82) is 0 Å². The van der Waals surface area contributed by atoms with Crippen molar-refractivity contribution in [3.63, 3.8) is 0 Å². The topological polar surface area (TPSA) is 29.3 Å². The number of hydrogen-bond acceptors (Lipinski definition) is 2. The fraction of sp³-hybridized carbons (Fsp3) is 0.0385. The number of nitrogens with one attached hydrogen (secondary N) is 1. The molecule has 5 aromatic rings. The highest BCUT2D eigenvalue weighted by Crippen LogP contribution is 2.24. The van der Waals surface area contributed by atoms with Gasteiger partial charge in [0.15, 0.2) is 0 Å². The molecule has 1 heterocycles. The van der Waals surface area contributed by atoms with Crippen LogP contribution in [0.1, 0.15) is 11.1 Å². The van der Waals surface area contributed by atoms with Crippen molar-refractivity contribution in [2.75, 3.05) is 5.43 Å². The van der Waals surface area contributed by atoms with E-state index in [0.717, 1.165) is 17.8 Å². The molecule has 0 bridgehead atoms.